The van der Waals surface area contributed by atoms with Crippen molar-refractivity contribution in [2.75, 3.05) is 6.54 Å². The van der Waals surface area contributed by atoms with Gasteiger partial charge in [-0.15, -0.1) is 0 Å². The smallest absolute Gasteiger partial charge is 0.130 e. The Labute approximate surface area is 139 Å². The summed E-state index contributed by atoms with van der Waals surface area (Å²) < 4.78 is 2.87. The molecule has 1 heterocycles. The first-order valence-corrected chi connectivity index (χ1v) is 8.28. The highest BCUT2D eigenvalue weighted by Gasteiger charge is 2.18. The van der Waals surface area contributed by atoms with Gasteiger partial charge in [-0.3, -0.25) is 4.68 Å². The largest absolute Gasteiger partial charge is 0.310 e. The normalized spacial score (nSPS) is 12.7. The predicted octanol–water partition coefficient (Wildman–Crippen LogP) is 4.35. The molecule has 0 aliphatic heterocycles. The zero-order chi connectivity index (χ0) is 15.6. The maximum Gasteiger partial charge on any atom is 0.130 e. The van der Waals surface area contributed by atoms with Gasteiger partial charge in [-0.1, -0.05) is 46.6 Å². The second-order valence-electron chi connectivity index (χ2n) is 5.30. The van der Waals surface area contributed by atoms with E-state index in [9.17, 15) is 0 Å². The van der Waals surface area contributed by atoms with E-state index in [4.69, 9.17) is 11.6 Å². The van der Waals surface area contributed by atoms with Crippen LogP contribution in [-0.4, -0.2) is 16.3 Å². The van der Waals surface area contributed by atoms with Crippen molar-refractivity contribution in [3.8, 4) is 0 Å². The third-order valence-corrected chi connectivity index (χ3v) is 5.05. The van der Waals surface area contributed by atoms with Gasteiger partial charge in [-0.25, -0.2) is 0 Å². The van der Waals surface area contributed by atoms with Crippen molar-refractivity contribution in [2.45, 2.75) is 33.2 Å². The standard InChI is InChI=1S/C16H21BrClN3/c1-5-19-15(12-7-6-10(2)14(17)8-12)9-13-11(3)20-21(4)16(13)18/h6-8,15,19H,5,9H2,1-4H3. The SMILES string of the molecule is CCNC(Cc1c(C)nn(C)c1Cl)c1ccc(C)c(Br)c1. The van der Waals surface area contributed by atoms with Gasteiger partial charge in [0.2, 0.25) is 0 Å². The molecule has 3 nitrogen and oxygen atoms in total. The molecule has 0 amide bonds. The Hall–Kier alpha value is -0.840. The van der Waals surface area contributed by atoms with Gasteiger partial charge < -0.3 is 5.32 Å². The highest BCUT2D eigenvalue weighted by Crippen LogP contribution is 2.28. The van der Waals surface area contributed by atoms with E-state index in [2.05, 4.69) is 58.4 Å². The molecular formula is C16H21BrClN3. The molecule has 0 radical (unpaired) electrons. The molecule has 1 unspecified atom stereocenters. The first-order chi connectivity index (χ1) is 9.93. The summed E-state index contributed by atoms with van der Waals surface area (Å²) >= 11 is 9.98. The van der Waals surface area contributed by atoms with Gasteiger partial charge in [0.1, 0.15) is 5.15 Å². The minimum absolute atomic E-state index is 0.229. The number of rotatable bonds is 5. The summed E-state index contributed by atoms with van der Waals surface area (Å²) in [6.45, 7) is 7.13. The van der Waals surface area contributed by atoms with Crippen LogP contribution < -0.4 is 5.32 Å². The van der Waals surface area contributed by atoms with Crippen LogP contribution in [0.1, 0.15) is 35.3 Å². The van der Waals surface area contributed by atoms with Crippen molar-refractivity contribution in [2.24, 2.45) is 7.05 Å². The molecular weight excluding hydrogens is 350 g/mol. The van der Waals surface area contributed by atoms with E-state index in [1.165, 1.54) is 11.1 Å². The Bertz CT molecular complexity index is 637. The maximum atomic E-state index is 6.37. The minimum atomic E-state index is 0.229. The summed E-state index contributed by atoms with van der Waals surface area (Å²) in [6.07, 6.45) is 0.835. The lowest BCUT2D eigenvalue weighted by Gasteiger charge is -2.19. The number of hydrogen-bond acceptors (Lipinski definition) is 2. The number of hydrogen-bond donors (Lipinski definition) is 1. The number of halogens is 2. The van der Waals surface area contributed by atoms with E-state index >= 15 is 0 Å². The van der Waals surface area contributed by atoms with E-state index in [1.54, 1.807) is 4.68 Å². The molecule has 1 aromatic heterocycles. The number of aromatic nitrogens is 2. The molecule has 2 aromatic rings. The summed E-state index contributed by atoms with van der Waals surface area (Å²) in [4.78, 5) is 0. The molecule has 0 aliphatic carbocycles. The van der Waals surface area contributed by atoms with Gasteiger partial charge in [-0.05, 0) is 44.0 Å². The van der Waals surface area contributed by atoms with Gasteiger partial charge in [0.15, 0.2) is 0 Å². The first kappa shape index (κ1) is 16.5. The molecule has 1 atom stereocenters. The zero-order valence-corrected chi connectivity index (χ0v) is 15.2. The van der Waals surface area contributed by atoms with Crippen molar-refractivity contribution >= 4 is 27.5 Å². The van der Waals surface area contributed by atoms with Crippen molar-refractivity contribution in [3.05, 3.63) is 50.2 Å². The number of nitrogens with zero attached hydrogens (tertiary/aromatic N) is 2. The van der Waals surface area contributed by atoms with Crippen LogP contribution in [0.25, 0.3) is 0 Å². The molecule has 0 bridgehead atoms. The maximum absolute atomic E-state index is 6.37. The Morgan fingerprint density at radius 1 is 1.38 bits per heavy atom. The molecule has 1 aromatic carbocycles. The van der Waals surface area contributed by atoms with Gasteiger partial charge >= 0.3 is 0 Å². The molecule has 2 rings (SSSR count). The van der Waals surface area contributed by atoms with Crippen molar-refractivity contribution < 1.29 is 0 Å². The van der Waals surface area contributed by atoms with E-state index < -0.39 is 0 Å². The molecule has 0 aliphatic rings. The average Bonchev–Trinajstić information content (AvgIpc) is 2.68. The second kappa shape index (κ2) is 6.95. The van der Waals surface area contributed by atoms with E-state index in [-0.39, 0.29) is 6.04 Å². The van der Waals surface area contributed by atoms with Crippen molar-refractivity contribution in [1.82, 2.24) is 15.1 Å². The highest BCUT2D eigenvalue weighted by molar-refractivity contribution is 9.10. The Kier molecular flexibility index (Phi) is 5.47. The fraction of sp³-hybridized carbons (Fsp3) is 0.438. The Morgan fingerprint density at radius 3 is 2.62 bits per heavy atom. The summed E-state index contributed by atoms with van der Waals surface area (Å²) in [5.41, 5.74) is 4.61. The predicted molar refractivity (Wildman–Crippen MR) is 92.0 cm³/mol. The van der Waals surface area contributed by atoms with Crippen LogP contribution in [0.15, 0.2) is 22.7 Å². The molecule has 0 fully saturated rings. The quantitative estimate of drug-likeness (QED) is 0.848. The van der Waals surface area contributed by atoms with Gasteiger partial charge in [0.25, 0.3) is 0 Å². The second-order valence-corrected chi connectivity index (χ2v) is 6.51. The van der Waals surface area contributed by atoms with E-state index in [0.29, 0.717) is 0 Å². The molecule has 21 heavy (non-hydrogen) atoms. The zero-order valence-electron chi connectivity index (χ0n) is 12.9. The number of likely N-dealkylation sites (N-methyl/N-ethyl adjacent to an activating group) is 1. The average molecular weight is 371 g/mol. The lowest BCUT2D eigenvalue weighted by molar-refractivity contribution is 0.548. The lowest BCUT2D eigenvalue weighted by atomic mass is 9.98. The van der Waals surface area contributed by atoms with Crippen LogP contribution in [0.2, 0.25) is 5.15 Å². The third-order valence-electron chi connectivity index (χ3n) is 3.73. The third kappa shape index (κ3) is 3.68. The molecule has 5 heteroatoms. The molecule has 0 spiro atoms. The van der Waals surface area contributed by atoms with Gasteiger partial charge in [0.05, 0.1) is 5.69 Å². The summed E-state index contributed by atoms with van der Waals surface area (Å²) in [5, 5.41) is 8.66. The highest BCUT2D eigenvalue weighted by atomic mass is 79.9. The van der Waals surface area contributed by atoms with Crippen LogP contribution in [0.3, 0.4) is 0 Å². The summed E-state index contributed by atoms with van der Waals surface area (Å²) in [6, 6.07) is 6.73. The van der Waals surface area contributed by atoms with Crippen molar-refractivity contribution in [3.63, 3.8) is 0 Å². The van der Waals surface area contributed by atoms with Gasteiger partial charge in [0, 0.05) is 23.1 Å². The Balaban J connectivity index is 2.32. The molecule has 0 saturated heterocycles. The first-order valence-electron chi connectivity index (χ1n) is 7.11. The van der Waals surface area contributed by atoms with Crippen LogP contribution in [0, 0.1) is 13.8 Å². The van der Waals surface area contributed by atoms with Crippen LogP contribution in [0.4, 0.5) is 0 Å². The van der Waals surface area contributed by atoms with Crippen LogP contribution >= 0.6 is 27.5 Å². The fourth-order valence-corrected chi connectivity index (χ4v) is 3.14. The summed E-state index contributed by atoms with van der Waals surface area (Å²) in [7, 11) is 1.88. The van der Waals surface area contributed by atoms with E-state index in [0.717, 1.165) is 33.8 Å². The molecule has 0 saturated carbocycles. The molecule has 1 N–H and O–H groups in total. The van der Waals surface area contributed by atoms with Crippen LogP contribution in [0.5, 0.6) is 0 Å². The fourth-order valence-electron chi connectivity index (χ4n) is 2.49. The van der Waals surface area contributed by atoms with Crippen molar-refractivity contribution in [1.29, 1.82) is 0 Å². The number of benzene rings is 1. The topological polar surface area (TPSA) is 29.9 Å². The minimum Gasteiger partial charge on any atom is -0.310 e. The number of nitrogens with one attached hydrogen (secondary N) is 1. The van der Waals surface area contributed by atoms with Crippen LogP contribution in [-0.2, 0) is 13.5 Å². The monoisotopic (exact) mass is 369 g/mol. The number of aryl methyl sites for hydroxylation is 3. The van der Waals surface area contributed by atoms with E-state index in [1.807, 2.05) is 14.0 Å². The van der Waals surface area contributed by atoms with Gasteiger partial charge in [-0.2, -0.15) is 5.10 Å². The summed E-state index contributed by atoms with van der Waals surface area (Å²) in [5.74, 6) is 0. The Morgan fingerprint density at radius 2 is 2.10 bits per heavy atom. The molecule has 114 valence electrons. The lowest BCUT2D eigenvalue weighted by Crippen LogP contribution is -2.23.